The van der Waals surface area contributed by atoms with Gasteiger partial charge in [0.1, 0.15) is 6.10 Å². The van der Waals surface area contributed by atoms with Crippen LogP contribution in [0.1, 0.15) is 194 Å². The zero-order valence-corrected chi connectivity index (χ0v) is 29.5. The average Bonchev–Trinajstić information content (AvgIpc) is 3.30. The van der Waals surface area contributed by atoms with E-state index < -0.39 is 47.9 Å². The second kappa shape index (κ2) is 27.2. The molecular weight excluding hydrogens is 584 g/mol. The summed E-state index contributed by atoms with van der Waals surface area (Å²) >= 11 is 0. The van der Waals surface area contributed by atoms with Gasteiger partial charge in [-0.1, -0.05) is 168 Å². The Balaban J connectivity index is 2.38. The van der Waals surface area contributed by atoms with E-state index in [0.29, 0.717) is 12.8 Å². The maximum Gasteiger partial charge on any atom is 0.380 e. The van der Waals surface area contributed by atoms with Crippen LogP contribution in [0.15, 0.2) is 0 Å². The van der Waals surface area contributed by atoms with E-state index in [9.17, 15) is 29.4 Å². The molecule has 1 unspecified atom stereocenters. The molecular formula is C38H68O8. The summed E-state index contributed by atoms with van der Waals surface area (Å²) in [6, 6.07) is 0. The Labute approximate surface area is 280 Å². The molecule has 8 nitrogen and oxygen atoms in total. The minimum absolute atomic E-state index is 0.0358. The van der Waals surface area contributed by atoms with Gasteiger partial charge in [0.05, 0.1) is 6.61 Å². The van der Waals surface area contributed by atoms with Crippen LogP contribution in [0.3, 0.4) is 0 Å². The molecule has 0 aromatic heterocycles. The molecule has 1 aliphatic rings. The first-order valence-electron chi connectivity index (χ1n) is 19.1. The number of carbonyl (C=O) groups is 4. The third-order valence-electron chi connectivity index (χ3n) is 9.44. The Morgan fingerprint density at radius 1 is 0.630 bits per heavy atom. The highest BCUT2D eigenvalue weighted by atomic mass is 16.6. The quantitative estimate of drug-likeness (QED) is 0.0420. The van der Waals surface area contributed by atoms with Crippen molar-refractivity contribution in [1.29, 1.82) is 0 Å². The smallest absolute Gasteiger partial charge is 0.380 e. The summed E-state index contributed by atoms with van der Waals surface area (Å²) in [6.07, 6.45) is 26.1. The fourth-order valence-corrected chi connectivity index (χ4v) is 6.44. The summed E-state index contributed by atoms with van der Waals surface area (Å²) in [7, 11) is 0. The van der Waals surface area contributed by atoms with Crippen LogP contribution in [0.25, 0.3) is 0 Å². The molecule has 1 rings (SSSR count). The highest BCUT2D eigenvalue weighted by molar-refractivity contribution is 6.39. The molecule has 0 spiro atoms. The average molecular weight is 653 g/mol. The standard InChI is InChI=1S/C38H68O8/c1-3-5-7-9-11-13-15-17-19-21-23-25-27-29-32(40)38(33(41)31-39)36(35(43)37(44)46-38)45-34(42)30-28-26-24-22-20-18-16-14-12-10-8-6-4-2/h33,36,39,41H,3-31H2,1-2H3/t33-,36?,38+/m0/s1. The number of hydrogen-bond acceptors (Lipinski definition) is 8. The van der Waals surface area contributed by atoms with Crippen molar-refractivity contribution in [2.45, 2.75) is 211 Å². The fourth-order valence-electron chi connectivity index (χ4n) is 6.44. The lowest BCUT2D eigenvalue weighted by Gasteiger charge is -2.33. The molecule has 0 bridgehead atoms. The molecule has 0 radical (unpaired) electrons. The number of Topliss-reactive ketones (excluding diaryl/α,β-unsaturated/α-hetero) is 2. The first kappa shape index (κ1) is 42.2. The van der Waals surface area contributed by atoms with Gasteiger partial charge in [-0.25, -0.2) is 4.79 Å². The van der Waals surface area contributed by atoms with Crippen molar-refractivity contribution >= 4 is 23.5 Å². The predicted octanol–water partition coefficient (Wildman–Crippen LogP) is 8.65. The number of aliphatic hydroxyl groups excluding tert-OH is 2. The number of carbonyl (C=O) groups excluding carboxylic acids is 4. The SMILES string of the molecule is CCCCCCCCCCCCCCCC(=O)OC1C(=O)C(=O)O[C@]1(C(=O)CCCCCCCCCCCCCCC)[C@@H](O)CO. The van der Waals surface area contributed by atoms with Gasteiger partial charge in [-0.15, -0.1) is 0 Å². The molecule has 8 heteroatoms. The number of aliphatic hydroxyl groups is 2. The van der Waals surface area contributed by atoms with Crippen molar-refractivity contribution in [1.82, 2.24) is 0 Å². The van der Waals surface area contributed by atoms with Crippen molar-refractivity contribution < 1.29 is 38.9 Å². The molecule has 0 amide bonds. The minimum atomic E-state index is -2.40. The number of ether oxygens (including phenoxy) is 2. The molecule has 1 fully saturated rings. The topological polar surface area (TPSA) is 127 Å². The normalized spacial score (nSPS) is 18.6. The molecule has 1 heterocycles. The highest BCUT2D eigenvalue weighted by Crippen LogP contribution is 2.34. The third-order valence-corrected chi connectivity index (χ3v) is 9.44. The maximum atomic E-state index is 13.3. The van der Waals surface area contributed by atoms with Gasteiger partial charge >= 0.3 is 11.9 Å². The van der Waals surface area contributed by atoms with E-state index in [1.807, 2.05) is 0 Å². The summed E-state index contributed by atoms with van der Waals surface area (Å²) in [5.74, 6) is -3.92. The molecule has 0 aliphatic carbocycles. The molecule has 268 valence electrons. The van der Waals surface area contributed by atoms with Gasteiger partial charge in [0.25, 0.3) is 5.78 Å². The van der Waals surface area contributed by atoms with Crippen LogP contribution in [0.2, 0.25) is 0 Å². The lowest BCUT2D eigenvalue weighted by molar-refractivity contribution is -0.189. The van der Waals surface area contributed by atoms with E-state index in [-0.39, 0.29) is 12.8 Å². The van der Waals surface area contributed by atoms with Crippen molar-refractivity contribution in [2.75, 3.05) is 6.61 Å². The predicted molar refractivity (Wildman–Crippen MR) is 182 cm³/mol. The summed E-state index contributed by atoms with van der Waals surface area (Å²) in [6.45, 7) is 3.54. The van der Waals surface area contributed by atoms with E-state index in [1.54, 1.807) is 0 Å². The van der Waals surface area contributed by atoms with E-state index in [0.717, 1.165) is 44.9 Å². The second-order valence-electron chi connectivity index (χ2n) is 13.5. The van der Waals surface area contributed by atoms with E-state index in [4.69, 9.17) is 9.47 Å². The van der Waals surface area contributed by atoms with E-state index in [1.165, 1.54) is 109 Å². The Bertz CT molecular complexity index is 828. The van der Waals surface area contributed by atoms with Gasteiger partial charge in [-0.2, -0.15) is 0 Å². The number of esters is 2. The molecule has 1 aliphatic heterocycles. The largest absolute Gasteiger partial charge is 0.449 e. The highest BCUT2D eigenvalue weighted by Gasteiger charge is 2.65. The Kier molecular flexibility index (Phi) is 25.0. The summed E-state index contributed by atoms with van der Waals surface area (Å²) in [4.78, 5) is 50.9. The molecule has 1 saturated heterocycles. The second-order valence-corrected chi connectivity index (χ2v) is 13.5. The van der Waals surface area contributed by atoms with Gasteiger partial charge in [-0.05, 0) is 12.8 Å². The van der Waals surface area contributed by atoms with Crippen molar-refractivity contribution in [3.8, 4) is 0 Å². The molecule has 3 atom stereocenters. The van der Waals surface area contributed by atoms with Gasteiger partial charge in [0.15, 0.2) is 5.78 Å². The lowest BCUT2D eigenvalue weighted by Crippen LogP contribution is -2.60. The summed E-state index contributed by atoms with van der Waals surface area (Å²) < 4.78 is 10.5. The lowest BCUT2D eigenvalue weighted by atomic mass is 9.83. The summed E-state index contributed by atoms with van der Waals surface area (Å²) in [5, 5.41) is 20.3. The zero-order valence-electron chi connectivity index (χ0n) is 29.5. The number of hydrogen-bond donors (Lipinski definition) is 2. The maximum absolute atomic E-state index is 13.3. The van der Waals surface area contributed by atoms with Crippen molar-refractivity contribution in [3.05, 3.63) is 0 Å². The molecule has 2 N–H and O–H groups in total. The molecule has 0 aromatic carbocycles. The van der Waals surface area contributed by atoms with Crippen molar-refractivity contribution in [3.63, 3.8) is 0 Å². The molecule has 46 heavy (non-hydrogen) atoms. The number of cyclic esters (lactones) is 1. The summed E-state index contributed by atoms with van der Waals surface area (Å²) in [5.41, 5.74) is -2.40. The zero-order chi connectivity index (χ0) is 33.9. The molecule has 0 aromatic rings. The Morgan fingerprint density at radius 3 is 1.35 bits per heavy atom. The van der Waals surface area contributed by atoms with Gasteiger partial charge < -0.3 is 19.7 Å². The van der Waals surface area contributed by atoms with Gasteiger partial charge in [-0.3, -0.25) is 14.4 Å². The fraction of sp³-hybridized carbons (Fsp3) is 0.895. The van der Waals surface area contributed by atoms with Gasteiger partial charge in [0, 0.05) is 12.8 Å². The van der Waals surface area contributed by atoms with Crippen LogP contribution in [-0.2, 0) is 28.7 Å². The first-order valence-corrected chi connectivity index (χ1v) is 19.1. The van der Waals surface area contributed by atoms with Crippen LogP contribution in [0.5, 0.6) is 0 Å². The van der Waals surface area contributed by atoms with Gasteiger partial charge in [0.2, 0.25) is 11.7 Å². The Hall–Kier alpha value is -1.80. The minimum Gasteiger partial charge on any atom is -0.449 e. The van der Waals surface area contributed by atoms with Crippen LogP contribution in [0, 0.1) is 0 Å². The number of ketones is 2. The van der Waals surface area contributed by atoms with Crippen LogP contribution >= 0.6 is 0 Å². The van der Waals surface area contributed by atoms with Crippen LogP contribution in [-0.4, -0.2) is 58.1 Å². The monoisotopic (exact) mass is 652 g/mol. The number of unbranched alkanes of at least 4 members (excludes halogenated alkanes) is 24. The Morgan fingerprint density at radius 2 is 0.978 bits per heavy atom. The van der Waals surface area contributed by atoms with Crippen LogP contribution < -0.4 is 0 Å². The first-order chi connectivity index (χ1) is 22.3. The molecule has 0 saturated carbocycles. The van der Waals surface area contributed by atoms with Crippen LogP contribution in [0.4, 0.5) is 0 Å². The van der Waals surface area contributed by atoms with E-state index >= 15 is 0 Å². The number of rotatable bonds is 32. The van der Waals surface area contributed by atoms with E-state index in [2.05, 4.69) is 13.8 Å². The van der Waals surface area contributed by atoms with Crippen molar-refractivity contribution in [2.24, 2.45) is 0 Å². The third kappa shape index (κ3) is 16.9.